The van der Waals surface area contributed by atoms with Crippen molar-refractivity contribution in [2.75, 3.05) is 13.6 Å². The Bertz CT molecular complexity index is 638. The Morgan fingerprint density at radius 1 is 1.27 bits per heavy atom. The van der Waals surface area contributed by atoms with Crippen LogP contribution >= 0.6 is 11.3 Å². The third-order valence-electron chi connectivity index (χ3n) is 4.61. The van der Waals surface area contributed by atoms with Gasteiger partial charge in [0, 0.05) is 16.8 Å². The summed E-state index contributed by atoms with van der Waals surface area (Å²) < 4.78 is 0. The Hall–Kier alpha value is -1.65. The van der Waals surface area contributed by atoms with E-state index in [9.17, 15) is 4.79 Å². The number of carbonyl (C=O) groups is 1. The standard InChI is InChI=1S/C18H22N2OS/c1-20-11-6-5-9-15(20)16(13-7-3-2-4-8-13)17-14(18(19)21)10-12-22-17/h2-4,7-8,10,12,15-16H,5-6,9,11H2,1H3,(H2,19,21)/t15-,16-/m0/s1. The number of piperidine rings is 1. The number of nitrogens with two attached hydrogens (primary N) is 1. The minimum Gasteiger partial charge on any atom is -0.366 e. The summed E-state index contributed by atoms with van der Waals surface area (Å²) in [5.41, 5.74) is 7.54. The van der Waals surface area contributed by atoms with Crippen molar-refractivity contribution in [3.05, 3.63) is 57.8 Å². The van der Waals surface area contributed by atoms with E-state index in [1.807, 2.05) is 17.5 Å². The zero-order valence-electron chi connectivity index (χ0n) is 12.9. The van der Waals surface area contributed by atoms with Crippen LogP contribution in [0.15, 0.2) is 41.8 Å². The van der Waals surface area contributed by atoms with Crippen LogP contribution in [0.1, 0.15) is 46.0 Å². The van der Waals surface area contributed by atoms with Crippen molar-refractivity contribution in [2.45, 2.75) is 31.2 Å². The number of hydrogen-bond donors (Lipinski definition) is 1. The van der Waals surface area contributed by atoms with Gasteiger partial charge in [-0.2, -0.15) is 0 Å². The summed E-state index contributed by atoms with van der Waals surface area (Å²) in [4.78, 5) is 15.3. The second-order valence-corrected chi connectivity index (χ2v) is 6.94. The van der Waals surface area contributed by atoms with Crippen LogP contribution in [0, 0.1) is 0 Å². The number of primary amides is 1. The number of thiophene rings is 1. The molecule has 2 atom stereocenters. The van der Waals surface area contributed by atoms with E-state index in [0.29, 0.717) is 11.6 Å². The highest BCUT2D eigenvalue weighted by atomic mass is 32.1. The van der Waals surface area contributed by atoms with Crippen LogP contribution in [-0.4, -0.2) is 30.4 Å². The summed E-state index contributed by atoms with van der Waals surface area (Å²) in [5.74, 6) is -0.107. The molecule has 1 aromatic heterocycles. The van der Waals surface area contributed by atoms with Gasteiger partial charge in [-0.05, 0) is 43.4 Å². The van der Waals surface area contributed by atoms with Crippen molar-refractivity contribution in [3.63, 3.8) is 0 Å². The Morgan fingerprint density at radius 2 is 2.05 bits per heavy atom. The molecule has 1 aromatic carbocycles. The fourth-order valence-electron chi connectivity index (χ4n) is 3.50. The van der Waals surface area contributed by atoms with Crippen molar-refractivity contribution in [2.24, 2.45) is 5.73 Å². The number of amides is 1. The number of hydrogen-bond acceptors (Lipinski definition) is 3. The van der Waals surface area contributed by atoms with E-state index in [1.165, 1.54) is 18.4 Å². The van der Waals surface area contributed by atoms with Gasteiger partial charge in [0.1, 0.15) is 0 Å². The predicted octanol–water partition coefficient (Wildman–Crippen LogP) is 3.46. The number of nitrogens with zero attached hydrogens (tertiary/aromatic N) is 1. The van der Waals surface area contributed by atoms with E-state index in [0.717, 1.165) is 17.8 Å². The molecule has 2 heterocycles. The van der Waals surface area contributed by atoms with Crippen LogP contribution in [-0.2, 0) is 0 Å². The van der Waals surface area contributed by atoms with Crippen LogP contribution in [0.4, 0.5) is 0 Å². The Kier molecular flexibility index (Phi) is 4.60. The summed E-state index contributed by atoms with van der Waals surface area (Å²) in [5, 5.41) is 1.98. The molecule has 1 fully saturated rings. The van der Waals surface area contributed by atoms with Crippen molar-refractivity contribution in [1.29, 1.82) is 0 Å². The van der Waals surface area contributed by atoms with Crippen LogP contribution in [0.25, 0.3) is 0 Å². The lowest BCUT2D eigenvalue weighted by Crippen LogP contribution is -2.41. The minimum atomic E-state index is -0.323. The molecule has 3 rings (SSSR count). The zero-order valence-corrected chi connectivity index (χ0v) is 13.7. The smallest absolute Gasteiger partial charge is 0.249 e. The van der Waals surface area contributed by atoms with E-state index < -0.39 is 0 Å². The average Bonchev–Trinajstić information content (AvgIpc) is 3.00. The lowest BCUT2D eigenvalue weighted by molar-refractivity contribution is 0.0998. The second kappa shape index (κ2) is 6.63. The van der Waals surface area contributed by atoms with E-state index in [4.69, 9.17) is 5.73 Å². The summed E-state index contributed by atoms with van der Waals surface area (Å²) in [7, 11) is 2.19. The highest BCUT2D eigenvalue weighted by Crippen LogP contribution is 2.39. The lowest BCUT2D eigenvalue weighted by atomic mass is 9.83. The monoisotopic (exact) mass is 314 g/mol. The maximum Gasteiger partial charge on any atom is 0.249 e. The molecular formula is C18H22N2OS. The third kappa shape index (κ3) is 2.94. The molecule has 116 valence electrons. The van der Waals surface area contributed by atoms with Gasteiger partial charge in [-0.15, -0.1) is 11.3 Å². The minimum absolute atomic E-state index is 0.217. The van der Waals surface area contributed by atoms with E-state index in [1.54, 1.807) is 11.3 Å². The first kappa shape index (κ1) is 15.3. The molecule has 2 N–H and O–H groups in total. The van der Waals surface area contributed by atoms with E-state index >= 15 is 0 Å². The first-order valence-electron chi connectivity index (χ1n) is 7.81. The van der Waals surface area contributed by atoms with E-state index in [2.05, 4.69) is 36.2 Å². The van der Waals surface area contributed by atoms with Crippen LogP contribution in [0.5, 0.6) is 0 Å². The van der Waals surface area contributed by atoms with Crippen LogP contribution in [0.2, 0.25) is 0 Å². The molecule has 1 saturated heterocycles. The van der Waals surface area contributed by atoms with Crippen LogP contribution in [0.3, 0.4) is 0 Å². The maximum atomic E-state index is 11.8. The number of carbonyl (C=O) groups excluding carboxylic acids is 1. The van der Waals surface area contributed by atoms with Crippen molar-refractivity contribution in [3.8, 4) is 0 Å². The zero-order chi connectivity index (χ0) is 15.5. The highest BCUT2D eigenvalue weighted by molar-refractivity contribution is 7.10. The summed E-state index contributed by atoms with van der Waals surface area (Å²) in [6.07, 6.45) is 3.66. The van der Waals surface area contributed by atoms with Gasteiger partial charge >= 0.3 is 0 Å². The third-order valence-corrected chi connectivity index (χ3v) is 5.61. The molecule has 0 aliphatic carbocycles. The van der Waals surface area contributed by atoms with Gasteiger partial charge in [0.25, 0.3) is 0 Å². The molecule has 1 amide bonds. The summed E-state index contributed by atoms with van der Waals surface area (Å²) in [6.45, 7) is 1.12. The average molecular weight is 314 g/mol. The summed E-state index contributed by atoms with van der Waals surface area (Å²) in [6, 6.07) is 12.8. The molecule has 0 saturated carbocycles. The molecule has 1 aliphatic heterocycles. The highest BCUT2D eigenvalue weighted by Gasteiger charge is 2.32. The number of likely N-dealkylation sites (tertiary alicyclic amines) is 1. The topological polar surface area (TPSA) is 46.3 Å². The largest absolute Gasteiger partial charge is 0.366 e. The number of likely N-dealkylation sites (N-methyl/N-ethyl adjacent to an activating group) is 1. The Labute approximate surface area is 135 Å². The molecule has 0 spiro atoms. The first-order chi connectivity index (χ1) is 10.7. The number of benzene rings is 1. The van der Waals surface area contributed by atoms with Gasteiger partial charge in [0.05, 0.1) is 5.56 Å². The van der Waals surface area contributed by atoms with E-state index in [-0.39, 0.29) is 11.8 Å². The van der Waals surface area contributed by atoms with Gasteiger partial charge in [-0.3, -0.25) is 4.79 Å². The quantitative estimate of drug-likeness (QED) is 0.939. The fourth-order valence-corrected chi connectivity index (χ4v) is 4.58. The van der Waals surface area contributed by atoms with Gasteiger partial charge in [0.2, 0.25) is 5.91 Å². The second-order valence-electron chi connectivity index (χ2n) is 5.99. The van der Waals surface area contributed by atoms with Gasteiger partial charge in [-0.1, -0.05) is 36.8 Å². The Balaban J connectivity index is 2.06. The summed E-state index contributed by atoms with van der Waals surface area (Å²) >= 11 is 1.65. The SMILES string of the molecule is CN1CCCC[C@H]1[C@H](c1ccccc1)c1sccc1C(N)=O. The van der Waals surface area contributed by atoms with Crippen molar-refractivity contribution in [1.82, 2.24) is 4.90 Å². The van der Waals surface area contributed by atoms with Crippen molar-refractivity contribution >= 4 is 17.2 Å². The predicted molar refractivity (Wildman–Crippen MR) is 91.4 cm³/mol. The van der Waals surface area contributed by atoms with Gasteiger partial charge < -0.3 is 10.6 Å². The molecule has 4 heteroatoms. The first-order valence-corrected chi connectivity index (χ1v) is 8.69. The Morgan fingerprint density at radius 3 is 2.73 bits per heavy atom. The number of rotatable bonds is 4. The normalized spacial score (nSPS) is 20.7. The molecule has 2 aromatic rings. The van der Waals surface area contributed by atoms with Crippen molar-refractivity contribution < 1.29 is 4.79 Å². The molecule has 0 unspecified atom stereocenters. The lowest BCUT2D eigenvalue weighted by Gasteiger charge is -2.38. The maximum absolute atomic E-state index is 11.8. The van der Waals surface area contributed by atoms with Gasteiger partial charge in [0.15, 0.2) is 0 Å². The van der Waals surface area contributed by atoms with Gasteiger partial charge in [-0.25, -0.2) is 0 Å². The molecule has 3 nitrogen and oxygen atoms in total. The fraction of sp³-hybridized carbons (Fsp3) is 0.389. The molecule has 22 heavy (non-hydrogen) atoms. The molecule has 0 bridgehead atoms. The molecular weight excluding hydrogens is 292 g/mol. The molecule has 1 aliphatic rings. The van der Waals surface area contributed by atoms with Crippen LogP contribution < -0.4 is 5.73 Å². The molecule has 0 radical (unpaired) electrons.